The van der Waals surface area contributed by atoms with Crippen molar-refractivity contribution in [2.45, 2.75) is 76.9 Å². The van der Waals surface area contributed by atoms with Crippen molar-refractivity contribution in [2.75, 3.05) is 33.7 Å². The number of unbranched alkanes of at least 4 members (excludes halogenated alkanes) is 2. The van der Waals surface area contributed by atoms with Crippen LogP contribution in [0.4, 0.5) is 0 Å². The van der Waals surface area contributed by atoms with Crippen LogP contribution in [0.3, 0.4) is 0 Å². The molecule has 1 aromatic carbocycles. The van der Waals surface area contributed by atoms with Crippen molar-refractivity contribution in [3.63, 3.8) is 0 Å². The number of carbonyl (C=O) groups is 3. The third-order valence-corrected chi connectivity index (χ3v) is 6.14. The van der Waals surface area contributed by atoms with Crippen LogP contribution in [0.2, 0.25) is 0 Å². The quantitative estimate of drug-likeness (QED) is 0.419. The number of amides is 2. The molecule has 1 aromatic rings. The average molecular weight is 459 g/mol. The molecule has 2 amide bonds. The lowest BCUT2D eigenvalue weighted by Gasteiger charge is -2.33. The van der Waals surface area contributed by atoms with Crippen LogP contribution in [0.5, 0.6) is 0 Å². The van der Waals surface area contributed by atoms with Crippen LogP contribution in [0.1, 0.15) is 63.9 Å². The van der Waals surface area contributed by atoms with Crippen molar-refractivity contribution < 1.29 is 14.4 Å². The Labute approximate surface area is 199 Å². The van der Waals surface area contributed by atoms with E-state index in [2.05, 4.69) is 39.8 Å². The van der Waals surface area contributed by atoms with Crippen molar-refractivity contribution in [1.29, 1.82) is 0 Å². The molecule has 2 N–H and O–H groups in total. The first-order valence-corrected chi connectivity index (χ1v) is 12.4. The molecule has 1 saturated heterocycles. The lowest BCUT2D eigenvalue weighted by atomic mass is 10.0. The highest BCUT2D eigenvalue weighted by molar-refractivity contribution is 5.88. The molecule has 1 atom stereocenters. The minimum absolute atomic E-state index is 0.0896. The number of likely N-dealkylation sites (N-methyl/N-ethyl adjacent to an activating group) is 1. The maximum Gasteiger partial charge on any atom is 0.242 e. The molecule has 1 unspecified atom stereocenters. The molecule has 0 bridgehead atoms. The largest absolute Gasteiger partial charge is 0.351 e. The van der Waals surface area contributed by atoms with Gasteiger partial charge in [-0.15, -0.1) is 0 Å². The molecule has 0 aromatic heterocycles. The second kappa shape index (κ2) is 14.8. The van der Waals surface area contributed by atoms with Gasteiger partial charge in [0.2, 0.25) is 11.8 Å². The number of ketones is 1. The van der Waals surface area contributed by atoms with Gasteiger partial charge >= 0.3 is 0 Å². The summed E-state index contributed by atoms with van der Waals surface area (Å²) in [6.07, 6.45) is 6.14. The molecule has 1 heterocycles. The van der Waals surface area contributed by atoms with Gasteiger partial charge in [-0.2, -0.15) is 0 Å². The summed E-state index contributed by atoms with van der Waals surface area (Å²) in [6, 6.07) is 10.1. The van der Waals surface area contributed by atoms with Crippen molar-refractivity contribution in [3.8, 4) is 0 Å². The average Bonchev–Trinajstić information content (AvgIpc) is 2.79. The van der Waals surface area contributed by atoms with E-state index in [1.807, 2.05) is 27.1 Å². The number of piperidine rings is 1. The number of likely N-dealkylation sites (tertiary alicyclic amines) is 1. The number of hydrogen-bond acceptors (Lipinski definition) is 5. The van der Waals surface area contributed by atoms with E-state index in [0.29, 0.717) is 19.3 Å². The van der Waals surface area contributed by atoms with E-state index >= 15 is 0 Å². The van der Waals surface area contributed by atoms with E-state index < -0.39 is 6.04 Å². The summed E-state index contributed by atoms with van der Waals surface area (Å²) in [5, 5.41) is 6.10. The third kappa shape index (κ3) is 10.9. The summed E-state index contributed by atoms with van der Waals surface area (Å²) >= 11 is 0. The second-order valence-electron chi connectivity index (χ2n) is 9.39. The molecule has 0 radical (unpaired) electrons. The van der Waals surface area contributed by atoms with Gasteiger partial charge in [0.25, 0.3) is 0 Å². The summed E-state index contributed by atoms with van der Waals surface area (Å²) in [4.78, 5) is 41.0. The zero-order valence-corrected chi connectivity index (χ0v) is 20.6. The summed E-state index contributed by atoms with van der Waals surface area (Å²) in [7, 11) is 3.67. The highest BCUT2D eigenvalue weighted by Gasteiger charge is 2.26. The molecule has 0 aliphatic carbocycles. The number of Topliss-reactive ketones (excluding diaryl/α,β-unsaturated/α-hetero) is 1. The van der Waals surface area contributed by atoms with E-state index in [1.165, 1.54) is 5.56 Å². The highest BCUT2D eigenvalue weighted by Crippen LogP contribution is 2.15. The molecule has 0 spiro atoms. The van der Waals surface area contributed by atoms with Crippen molar-refractivity contribution in [3.05, 3.63) is 35.9 Å². The summed E-state index contributed by atoms with van der Waals surface area (Å²) in [5.74, 6) is 0.0504. The van der Waals surface area contributed by atoms with E-state index in [9.17, 15) is 14.4 Å². The van der Waals surface area contributed by atoms with Crippen molar-refractivity contribution >= 4 is 17.6 Å². The van der Waals surface area contributed by atoms with Gasteiger partial charge in [0.05, 0.1) is 6.54 Å². The molecule has 1 aliphatic rings. The monoisotopic (exact) mass is 458 g/mol. The lowest BCUT2D eigenvalue weighted by Crippen LogP contribution is -2.53. The molecule has 7 heteroatoms. The van der Waals surface area contributed by atoms with Crippen LogP contribution in [-0.4, -0.2) is 73.2 Å². The Bertz CT molecular complexity index is 730. The van der Waals surface area contributed by atoms with Crippen LogP contribution >= 0.6 is 0 Å². The first kappa shape index (κ1) is 27.0. The van der Waals surface area contributed by atoms with Crippen LogP contribution in [0.15, 0.2) is 30.3 Å². The second-order valence-corrected chi connectivity index (χ2v) is 9.39. The molecule has 1 fully saturated rings. The number of nitrogens with zero attached hydrogens (tertiary/aromatic N) is 2. The number of benzene rings is 1. The Morgan fingerprint density at radius 3 is 2.39 bits per heavy atom. The summed E-state index contributed by atoms with van der Waals surface area (Å²) < 4.78 is 0. The Hall–Kier alpha value is -2.25. The van der Waals surface area contributed by atoms with Crippen molar-refractivity contribution in [1.82, 2.24) is 20.4 Å². The molecule has 0 saturated carbocycles. The Balaban J connectivity index is 1.80. The fraction of sp³-hybridized carbons (Fsp3) is 0.654. The summed E-state index contributed by atoms with van der Waals surface area (Å²) in [6.45, 7) is 4.97. The van der Waals surface area contributed by atoms with Crippen LogP contribution in [-0.2, 0) is 20.9 Å². The van der Waals surface area contributed by atoms with Crippen molar-refractivity contribution in [2.24, 2.45) is 0 Å². The van der Waals surface area contributed by atoms with Gasteiger partial charge in [0.15, 0.2) is 0 Å². The van der Waals surface area contributed by atoms with Crippen LogP contribution in [0.25, 0.3) is 0 Å². The van der Waals surface area contributed by atoms with Gasteiger partial charge in [-0.05, 0) is 45.3 Å². The van der Waals surface area contributed by atoms with Gasteiger partial charge < -0.3 is 15.5 Å². The Morgan fingerprint density at radius 1 is 1.06 bits per heavy atom. The van der Waals surface area contributed by atoms with Crippen LogP contribution in [0, 0.1) is 0 Å². The molecule has 33 heavy (non-hydrogen) atoms. The van der Waals surface area contributed by atoms with Gasteiger partial charge in [-0.1, -0.05) is 50.1 Å². The fourth-order valence-corrected chi connectivity index (χ4v) is 4.20. The molecule has 1 aliphatic heterocycles. The number of carbonyl (C=O) groups excluding carboxylic acids is 3. The van der Waals surface area contributed by atoms with Crippen LogP contribution < -0.4 is 10.6 Å². The normalized spacial score (nSPS) is 15.9. The predicted molar refractivity (Wildman–Crippen MR) is 132 cm³/mol. The fourth-order valence-electron chi connectivity index (χ4n) is 4.20. The highest BCUT2D eigenvalue weighted by atomic mass is 16.2. The van der Waals surface area contributed by atoms with Gasteiger partial charge in [0.1, 0.15) is 11.8 Å². The SMILES string of the molecule is CCC(=O)CCCCCC(NC(=O)CN(C)C)C(=O)NC1CCN(Cc2ccccc2)CC1. The standard InChI is InChI=1S/C26H42N4O3/c1-4-23(31)13-9-6-10-14-24(28-25(32)20-29(2)3)26(33)27-22-15-17-30(18-16-22)19-21-11-7-5-8-12-21/h5,7-8,11-12,22,24H,4,6,9-10,13-20H2,1-3H3,(H,27,33)(H,28,32). The van der Waals surface area contributed by atoms with E-state index in [0.717, 1.165) is 51.7 Å². The maximum absolute atomic E-state index is 13.0. The molecule has 2 rings (SSSR count). The van der Waals surface area contributed by atoms with Gasteiger partial charge in [-0.3, -0.25) is 19.3 Å². The molecular formula is C26H42N4O3. The molecule has 7 nitrogen and oxygen atoms in total. The van der Waals surface area contributed by atoms with Gasteiger partial charge in [0, 0.05) is 38.5 Å². The van der Waals surface area contributed by atoms with Gasteiger partial charge in [-0.25, -0.2) is 0 Å². The first-order chi connectivity index (χ1) is 15.9. The minimum atomic E-state index is -0.526. The molecular weight excluding hydrogens is 416 g/mol. The van der Waals surface area contributed by atoms with E-state index in [1.54, 1.807) is 4.90 Å². The van der Waals surface area contributed by atoms with E-state index in [4.69, 9.17) is 0 Å². The lowest BCUT2D eigenvalue weighted by molar-refractivity contribution is -0.130. The zero-order valence-electron chi connectivity index (χ0n) is 20.6. The number of hydrogen-bond donors (Lipinski definition) is 2. The smallest absolute Gasteiger partial charge is 0.242 e. The summed E-state index contributed by atoms with van der Waals surface area (Å²) in [5.41, 5.74) is 1.31. The maximum atomic E-state index is 13.0. The first-order valence-electron chi connectivity index (χ1n) is 12.4. The predicted octanol–water partition coefficient (Wildman–Crippen LogP) is 2.74. The minimum Gasteiger partial charge on any atom is -0.351 e. The number of rotatable bonds is 14. The van der Waals surface area contributed by atoms with E-state index in [-0.39, 0.29) is 30.2 Å². The Kier molecular flexibility index (Phi) is 12.1. The molecule has 184 valence electrons. The zero-order chi connectivity index (χ0) is 24.1. The number of nitrogens with one attached hydrogen (secondary N) is 2. The Morgan fingerprint density at radius 2 is 1.76 bits per heavy atom. The third-order valence-electron chi connectivity index (χ3n) is 6.14. The topological polar surface area (TPSA) is 81.8 Å².